The molecule has 0 aliphatic heterocycles. The average Bonchev–Trinajstić information content (AvgIpc) is 2.31. The smallest absolute Gasteiger partial charge is 0.305 e. The van der Waals surface area contributed by atoms with Gasteiger partial charge in [-0.25, -0.2) is 0 Å². The van der Waals surface area contributed by atoms with Crippen molar-refractivity contribution < 1.29 is 24.9 Å². The predicted molar refractivity (Wildman–Crippen MR) is 59.8 cm³/mol. The van der Waals surface area contributed by atoms with Crippen LogP contribution in [0.2, 0.25) is 0 Å². The lowest BCUT2D eigenvalue weighted by Gasteiger charge is -2.27. The minimum Gasteiger partial charge on any atom is -0.481 e. The van der Waals surface area contributed by atoms with E-state index < -0.39 is 30.0 Å². The maximum absolute atomic E-state index is 11.4. The molecule has 1 amide bonds. The molecule has 0 aromatic rings. The largest absolute Gasteiger partial charge is 0.481 e. The molecular weight excluding hydrogens is 228 g/mol. The lowest BCUT2D eigenvalue weighted by atomic mass is 9.83. The number of carbonyl (C=O) groups is 2. The predicted octanol–water partition coefficient (Wildman–Crippen LogP) is -1.25. The minimum absolute atomic E-state index is 0.137. The molecule has 7 heteroatoms. The highest BCUT2D eigenvalue weighted by Gasteiger charge is 2.37. The zero-order valence-electron chi connectivity index (χ0n) is 9.22. The van der Waals surface area contributed by atoms with E-state index in [0.29, 0.717) is 0 Å². The molecule has 0 bridgehead atoms. The molecule has 2 atom stereocenters. The van der Waals surface area contributed by atoms with Gasteiger partial charge in [-0.15, -0.1) is 6.58 Å². The quantitative estimate of drug-likeness (QED) is 0.269. The summed E-state index contributed by atoms with van der Waals surface area (Å²) in [6.07, 6.45) is -0.136. The lowest BCUT2D eigenvalue weighted by Crippen LogP contribution is -2.48. The number of nitrogens with one attached hydrogen (secondary N) is 2. The van der Waals surface area contributed by atoms with Crippen LogP contribution in [0.5, 0.6) is 0 Å². The van der Waals surface area contributed by atoms with Crippen LogP contribution in [0.3, 0.4) is 0 Å². The second-order valence-electron chi connectivity index (χ2n) is 3.46. The van der Waals surface area contributed by atoms with Crippen molar-refractivity contribution in [1.82, 2.24) is 5.32 Å². The van der Waals surface area contributed by atoms with E-state index in [4.69, 9.17) is 15.6 Å². The third-order valence-electron chi connectivity index (χ3n) is 2.32. The molecule has 0 rings (SSSR count). The second kappa shape index (κ2) is 6.77. The van der Waals surface area contributed by atoms with Gasteiger partial charge in [0.25, 0.3) is 0 Å². The van der Waals surface area contributed by atoms with Crippen molar-refractivity contribution in [3.8, 4) is 0 Å². The Hall–Kier alpha value is -1.73. The Kier molecular flexibility index (Phi) is 6.08. The number of rotatable bonds is 8. The van der Waals surface area contributed by atoms with Gasteiger partial charge < -0.3 is 26.0 Å². The van der Waals surface area contributed by atoms with Crippen molar-refractivity contribution in [2.75, 3.05) is 13.2 Å². The van der Waals surface area contributed by atoms with Crippen LogP contribution in [0, 0.1) is 10.8 Å². The molecule has 0 heterocycles. The summed E-state index contributed by atoms with van der Waals surface area (Å²) in [6, 6.07) is 0. The van der Waals surface area contributed by atoms with Gasteiger partial charge in [0.1, 0.15) is 6.10 Å². The van der Waals surface area contributed by atoms with Crippen molar-refractivity contribution in [3.63, 3.8) is 0 Å². The van der Waals surface area contributed by atoms with Crippen LogP contribution in [-0.4, -0.2) is 52.7 Å². The number of hydrogen-bond acceptors (Lipinski definition) is 5. The highest BCUT2D eigenvalue weighted by molar-refractivity contribution is 5.87. The Morgan fingerprint density at radius 2 is 2.12 bits per heavy atom. The van der Waals surface area contributed by atoms with Gasteiger partial charge >= 0.3 is 5.97 Å². The highest BCUT2D eigenvalue weighted by Crippen LogP contribution is 2.20. The van der Waals surface area contributed by atoms with E-state index in [1.165, 1.54) is 0 Å². The number of hydrogen-bond donors (Lipinski definition) is 5. The summed E-state index contributed by atoms with van der Waals surface area (Å²) in [5.74, 6) is -1.94. The Morgan fingerprint density at radius 3 is 2.47 bits per heavy atom. The first-order valence-electron chi connectivity index (χ1n) is 4.87. The summed E-state index contributed by atoms with van der Waals surface area (Å²) in [5.41, 5.74) is -1.55. The first-order chi connectivity index (χ1) is 7.93. The number of amides is 1. The zero-order chi connectivity index (χ0) is 13.5. The van der Waals surface area contributed by atoms with Crippen LogP contribution in [0.4, 0.5) is 0 Å². The minimum atomic E-state index is -1.68. The van der Waals surface area contributed by atoms with Gasteiger partial charge in [0.05, 0.1) is 18.4 Å². The first-order valence-corrected chi connectivity index (χ1v) is 4.87. The van der Waals surface area contributed by atoms with Crippen molar-refractivity contribution in [2.24, 2.45) is 5.41 Å². The van der Waals surface area contributed by atoms with Gasteiger partial charge in [-0.05, 0) is 0 Å². The van der Waals surface area contributed by atoms with E-state index in [1.54, 1.807) is 0 Å². The van der Waals surface area contributed by atoms with Crippen molar-refractivity contribution in [1.29, 1.82) is 5.41 Å². The SMILES string of the molecule is C=CC(C=N)(CO)[C@@H](O)C(=O)NCCC(=O)O. The fourth-order valence-corrected chi connectivity index (χ4v) is 1.08. The molecule has 0 radical (unpaired) electrons. The van der Waals surface area contributed by atoms with Gasteiger partial charge in [-0.2, -0.15) is 0 Å². The number of aliphatic carboxylic acids is 1. The molecule has 0 aliphatic rings. The third-order valence-corrected chi connectivity index (χ3v) is 2.32. The Labute approximate surface area is 98.3 Å². The van der Waals surface area contributed by atoms with E-state index in [9.17, 15) is 14.7 Å². The maximum Gasteiger partial charge on any atom is 0.305 e. The Morgan fingerprint density at radius 1 is 1.53 bits per heavy atom. The van der Waals surface area contributed by atoms with Crippen LogP contribution < -0.4 is 5.32 Å². The molecule has 5 N–H and O–H groups in total. The van der Waals surface area contributed by atoms with E-state index >= 15 is 0 Å². The van der Waals surface area contributed by atoms with Gasteiger partial charge in [0.2, 0.25) is 5.91 Å². The van der Waals surface area contributed by atoms with E-state index in [2.05, 4.69) is 11.9 Å². The molecular formula is C10H16N2O5. The molecule has 7 nitrogen and oxygen atoms in total. The van der Waals surface area contributed by atoms with E-state index in [0.717, 1.165) is 12.3 Å². The lowest BCUT2D eigenvalue weighted by molar-refractivity contribution is -0.137. The van der Waals surface area contributed by atoms with Crippen molar-refractivity contribution in [3.05, 3.63) is 12.7 Å². The average molecular weight is 244 g/mol. The summed E-state index contributed by atoms with van der Waals surface area (Å²) < 4.78 is 0. The van der Waals surface area contributed by atoms with Crippen molar-refractivity contribution in [2.45, 2.75) is 12.5 Å². The Balaban J connectivity index is 4.51. The molecule has 0 aromatic heterocycles. The van der Waals surface area contributed by atoms with Crippen LogP contribution in [0.1, 0.15) is 6.42 Å². The van der Waals surface area contributed by atoms with Gasteiger partial charge in [0.15, 0.2) is 0 Å². The summed E-state index contributed by atoms with van der Waals surface area (Å²) in [5, 5.41) is 36.3. The monoisotopic (exact) mass is 244 g/mol. The van der Waals surface area contributed by atoms with E-state index in [1.807, 2.05) is 0 Å². The van der Waals surface area contributed by atoms with Crippen LogP contribution in [0.15, 0.2) is 12.7 Å². The number of aliphatic hydroxyl groups excluding tert-OH is 2. The molecule has 0 spiro atoms. The van der Waals surface area contributed by atoms with Crippen LogP contribution in [-0.2, 0) is 9.59 Å². The summed E-state index contributed by atoms with van der Waals surface area (Å²) in [4.78, 5) is 21.6. The van der Waals surface area contributed by atoms with Gasteiger partial charge in [0, 0.05) is 12.8 Å². The molecule has 0 aromatic carbocycles. The number of carboxylic acid groups (broad SMARTS) is 1. The molecule has 0 aliphatic carbocycles. The molecule has 17 heavy (non-hydrogen) atoms. The number of aliphatic hydroxyl groups is 2. The van der Waals surface area contributed by atoms with Gasteiger partial charge in [-0.1, -0.05) is 6.08 Å². The fourth-order valence-electron chi connectivity index (χ4n) is 1.08. The summed E-state index contributed by atoms with van der Waals surface area (Å²) in [6.45, 7) is 2.56. The molecule has 0 saturated carbocycles. The Bertz CT molecular complexity index is 308. The molecule has 0 saturated heterocycles. The topological polar surface area (TPSA) is 131 Å². The summed E-state index contributed by atoms with van der Waals surface area (Å²) >= 11 is 0. The zero-order valence-corrected chi connectivity index (χ0v) is 9.22. The molecule has 0 fully saturated rings. The van der Waals surface area contributed by atoms with Gasteiger partial charge in [-0.3, -0.25) is 9.59 Å². The highest BCUT2D eigenvalue weighted by atomic mass is 16.4. The van der Waals surface area contributed by atoms with Crippen LogP contribution >= 0.6 is 0 Å². The van der Waals surface area contributed by atoms with E-state index in [-0.39, 0.29) is 13.0 Å². The van der Waals surface area contributed by atoms with Crippen molar-refractivity contribution >= 4 is 18.1 Å². The number of carbonyl (C=O) groups excluding carboxylic acids is 1. The second-order valence-corrected chi connectivity index (χ2v) is 3.46. The maximum atomic E-state index is 11.4. The first kappa shape index (κ1) is 15.3. The summed E-state index contributed by atoms with van der Waals surface area (Å²) in [7, 11) is 0. The molecule has 96 valence electrons. The standard InChI is InChI=1S/C10H16N2O5/c1-2-10(5-11,6-13)8(16)9(17)12-4-3-7(14)15/h2,5,8,11,13,16H,1,3-4,6H2,(H,12,17)(H,14,15)/t8-,10?/m0/s1. The number of carboxylic acids is 1. The molecule has 1 unspecified atom stereocenters. The normalized spacial score (nSPS) is 15.4. The third kappa shape index (κ3) is 3.97. The van der Waals surface area contributed by atoms with Crippen LogP contribution in [0.25, 0.3) is 0 Å². The fraction of sp³-hybridized carbons (Fsp3) is 0.500.